The third-order valence-electron chi connectivity index (χ3n) is 2.75. The van der Waals surface area contributed by atoms with Gasteiger partial charge in [-0.3, -0.25) is 19.3 Å². The fourth-order valence-electron chi connectivity index (χ4n) is 1.81. The van der Waals surface area contributed by atoms with Gasteiger partial charge in [-0.25, -0.2) is 0 Å². The third-order valence-corrected chi connectivity index (χ3v) is 3.16. The van der Waals surface area contributed by atoms with Gasteiger partial charge in [0.15, 0.2) is 0 Å². The summed E-state index contributed by atoms with van der Waals surface area (Å²) in [6.07, 6.45) is 0.0301. The normalized spacial score (nSPS) is 15.7. The van der Waals surface area contributed by atoms with Gasteiger partial charge in [0.05, 0.1) is 11.1 Å². The zero-order valence-electron chi connectivity index (χ0n) is 9.30. The number of carboxylic acids is 1. The molecule has 0 spiro atoms. The maximum Gasteiger partial charge on any atom is 0.321 e. The van der Waals surface area contributed by atoms with Gasteiger partial charge in [0, 0.05) is 6.54 Å². The van der Waals surface area contributed by atoms with Crippen LogP contribution in [0.1, 0.15) is 27.1 Å². The Morgan fingerprint density at radius 1 is 1.22 bits per heavy atom. The molecule has 1 aromatic carbocycles. The first-order valence-electron chi connectivity index (χ1n) is 5.34. The number of carbonyl (C=O) groups excluding carboxylic acids is 2. The molecule has 1 aliphatic heterocycles. The van der Waals surface area contributed by atoms with Crippen molar-refractivity contribution in [3.8, 4) is 0 Å². The molecule has 0 aliphatic carbocycles. The van der Waals surface area contributed by atoms with Crippen LogP contribution >= 0.6 is 11.6 Å². The van der Waals surface area contributed by atoms with E-state index in [9.17, 15) is 14.4 Å². The summed E-state index contributed by atoms with van der Waals surface area (Å²) in [6.45, 7) is 0.00676. The van der Waals surface area contributed by atoms with Crippen LogP contribution in [0.25, 0.3) is 0 Å². The van der Waals surface area contributed by atoms with Crippen molar-refractivity contribution in [3.63, 3.8) is 0 Å². The smallest absolute Gasteiger partial charge is 0.321 e. The first-order chi connectivity index (χ1) is 8.52. The lowest BCUT2D eigenvalue weighted by Crippen LogP contribution is -2.33. The molecule has 2 amide bonds. The Balaban J connectivity index is 2.12. The first-order valence-corrected chi connectivity index (χ1v) is 5.78. The molecule has 0 unspecified atom stereocenters. The van der Waals surface area contributed by atoms with Crippen molar-refractivity contribution in [2.45, 2.75) is 11.8 Å². The van der Waals surface area contributed by atoms with Gasteiger partial charge in [0.25, 0.3) is 11.8 Å². The predicted molar refractivity (Wildman–Crippen MR) is 63.7 cm³/mol. The van der Waals surface area contributed by atoms with Crippen molar-refractivity contribution >= 4 is 29.4 Å². The predicted octanol–water partition coefficient (Wildman–Crippen LogP) is 1.36. The Kier molecular flexibility index (Phi) is 3.34. The standard InChI is InChI=1S/C12H10ClNO4/c13-9(12(17)18)5-6-14-10(15)7-3-1-2-4-8(7)11(14)16/h1-4,9H,5-6H2,(H,17,18)/t9-/m1/s1. The van der Waals surface area contributed by atoms with Crippen molar-refractivity contribution in [1.29, 1.82) is 0 Å². The van der Waals surface area contributed by atoms with Gasteiger partial charge in [-0.05, 0) is 18.6 Å². The summed E-state index contributed by atoms with van der Waals surface area (Å²) in [5.41, 5.74) is 0.702. The Morgan fingerprint density at radius 2 is 1.72 bits per heavy atom. The highest BCUT2D eigenvalue weighted by Crippen LogP contribution is 2.22. The van der Waals surface area contributed by atoms with E-state index in [1.54, 1.807) is 24.3 Å². The van der Waals surface area contributed by atoms with Crippen molar-refractivity contribution in [2.24, 2.45) is 0 Å². The van der Waals surface area contributed by atoms with Crippen molar-refractivity contribution in [3.05, 3.63) is 35.4 Å². The van der Waals surface area contributed by atoms with Gasteiger partial charge in [-0.15, -0.1) is 11.6 Å². The number of carbonyl (C=O) groups is 3. The Hall–Kier alpha value is -1.88. The summed E-state index contributed by atoms with van der Waals surface area (Å²) >= 11 is 5.55. The number of rotatable bonds is 4. The first kappa shape index (κ1) is 12.6. The second-order valence-corrected chi connectivity index (χ2v) is 4.43. The van der Waals surface area contributed by atoms with Gasteiger partial charge in [0.1, 0.15) is 5.38 Å². The lowest BCUT2D eigenvalue weighted by atomic mass is 10.1. The van der Waals surface area contributed by atoms with Gasteiger partial charge >= 0.3 is 5.97 Å². The highest BCUT2D eigenvalue weighted by Gasteiger charge is 2.35. The summed E-state index contributed by atoms with van der Waals surface area (Å²) in [6, 6.07) is 6.50. The topological polar surface area (TPSA) is 74.7 Å². The lowest BCUT2D eigenvalue weighted by Gasteiger charge is -2.14. The van der Waals surface area contributed by atoms with E-state index in [4.69, 9.17) is 16.7 Å². The number of hydrogen-bond donors (Lipinski definition) is 1. The Morgan fingerprint density at radius 3 is 2.17 bits per heavy atom. The number of halogens is 1. The number of amides is 2. The quantitative estimate of drug-likeness (QED) is 0.660. The monoisotopic (exact) mass is 267 g/mol. The minimum absolute atomic E-state index is 0.00676. The van der Waals surface area contributed by atoms with Crippen LogP contribution in [0.5, 0.6) is 0 Å². The number of carboxylic acid groups (broad SMARTS) is 1. The van der Waals surface area contributed by atoms with E-state index in [0.717, 1.165) is 4.90 Å². The number of alkyl halides is 1. The van der Waals surface area contributed by atoms with E-state index in [-0.39, 0.29) is 13.0 Å². The van der Waals surface area contributed by atoms with E-state index >= 15 is 0 Å². The van der Waals surface area contributed by atoms with Gasteiger partial charge in [-0.1, -0.05) is 12.1 Å². The zero-order chi connectivity index (χ0) is 13.3. The van der Waals surface area contributed by atoms with Crippen molar-refractivity contribution in [2.75, 3.05) is 6.54 Å². The number of aliphatic carboxylic acids is 1. The number of hydrogen-bond acceptors (Lipinski definition) is 3. The van der Waals surface area contributed by atoms with Crippen LogP contribution in [0, 0.1) is 0 Å². The zero-order valence-corrected chi connectivity index (χ0v) is 10.1. The van der Waals surface area contributed by atoms with Crippen LogP contribution in [0.15, 0.2) is 24.3 Å². The van der Waals surface area contributed by atoms with E-state index in [1.165, 1.54) is 0 Å². The van der Waals surface area contributed by atoms with Crippen molar-refractivity contribution in [1.82, 2.24) is 4.90 Å². The Labute approximate surface area is 108 Å². The summed E-state index contributed by atoms with van der Waals surface area (Å²) in [4.78, 5) is 35.4. The average Bonchev–Trinajstić information content (AvgIpc) is 2.60. The van der Waals surface area contributed by atoms with Gasteiger partial charge < -0.3 is 5.11 Å². The summed E-state index contributed by atoms with van der Waals surface area (Å²) in [7, 11) is 0. The molecule has 1 aliphatic rings. The van der Waals surface area contributed by atoms with Crippen LogP contribution in [0.3, 0.4) is 0 Å². The lowest BCUT2D eigenvalue weighted by molar-refractivity contribution is -0.136. The average molecular weight is 268 g/mol. The molecule has 18 heavy (non-hydrogen) atoms. The largest absolute Gasteiger partial charge is 0.480 e. The second kappa shape index (κ2) is 4.78. The molecule has 0 saturated heterocycles. The molecule has 94 valence electrons. The summed E-state index contributed by atoms with van der Waals surface area (Å²) < 4.78 is 0. The maximum atomic E-state index is 11.9. The van der Waals surface area contributed by atoms with Crippen LogP contribution < -0.4 is 0 Å². The molecule has 0 aromatic heterocycles. The fraction of sp³-hybridized carbons (Fsp3) is 0.250. The molecular weight excluding hydrogens is 258 g/mol. The molecule has 0 bridgehead atoms. The minimum atomic E-state index is -1.16. The van der Waals surface area contributed by atoms with Gasteiger partial charge in [0.2, 0.25) is 0 Å². The summed E-state index contributed by atoms with van der Waals surface area (Å²) in [5, 5.41) is 7.54. The van der Waals surface area contributed by atoms with E-state index in [2.05, 4.69) is 0 Å². The molecular formula is C12H10ClNO4. The van der Waals surface area contributed by atoms with Crippen LogP contribution in [0.2, 0.25) is 0 Å². The van der Waals surface area contributed by atoms with E-state index < -0.39 is 23.2 Å². The number of imide groups is 1. The Bertz CT molecular complexity index is 494. The molecule has 1 N–H and O–H groups in total. The summed E-state index contributed by atoms with van der Waals surface area (Å²) in [5.74, 6) is -1.96. The molecule has 0 radical (unpaired) electrons. The molecule has 6 heteroatoms. The molecule has 5 nitrogen and oxygen atoms in total. The third kappa shape index (κ3) is 2.09. The SMILES string of the molecule is O=C(O)[C@H](Cl)CCN1C(=O)c2ccccc2C1=O. The number of nitrogens with zero attached hydrogens (tertiary/aromatic N) is 1. The number of benzene rings is 1. The minimum Gasteiger partial charge on any atom is -0.480 e. The molecule has 2 rings (SSSR count). The molecule has 1 atom stereocenters. The molecule has 0 saturated carbocycles. The van der Waals surface area contributed by atoms with Gasteiger partial charge in [-0.2, -0.15) is 0 Å². The molecule has 0 fully saturated rings. The van der Waals surface area contributed by atoms with Crippen LogP contribution in [-0.2, 0) is 4.79 Å². The highest BCUT2D eigenvalue weighted by atomic mass is 35.5. The highest BCUT2D eigenvalue weighted by molar-refractivity contribution is 6.29. The molecule has 1 heterocycles. The van der Waals surface area contributed by atoms with Crippen molar-refractivity contribution < 1.29 is 19.5 Å². The van der Waals surface area contributed by atoms with Crippen LogP contribution in [0.4, 0.5) is 0 Å². The molecule has 1 aromatic rings. The second-order valence-electron chi connectivity index (χ2n) is 3.90. The van der Waals surface area contributed by atoms with Crippen LogP contribution in [-0.4, -0.2) is 39.7 Å². The van der Waals surface area contributed by atoms with E-state index in [0.29, 0.717) is 11.1 Å². The van der Waals surface area contributed by atoms with E-state index in [1.807, 2.05) is 0 Å². The maximum absolute atomic E-state index is 11.9. The fourth-order valence-corrected chi connectivity index (χ4v) is 1.91. The number of fused-ring (bicyclic) bond motifs is 1.